The fourth-order valence-electron chi connectivity index (χ4n) is 0.585. The van der Waals surface area contributed by atoms with Crippen molar-refractivity contribution >= 4 is 29.1 Å². The monoisotopic (exact) mass is 188 g/mol. The van der Waals surface area contributed by atoms with Crippen molar-refractivity contribution in [2.75, 3.05) is 5.75 Å². The highest BCUT2D eigenvalue weighted by molar-refractivity contribution is 8.01. The Morgan fingerprint density at radius 1 is 1.73 bits per heavy atom. The number of thioether (sulfide) groups is 1. The second-order valence-corrected chi connectivity index (χ2v) is 4.27. The number of carbonyl (C=O) groups is 1. The summed E-state index contributed by atoms with van der Waals surface area (Å²) in [5.74, 6) is -0.0652. The second-order valence-electron chi connectivity index (χ2n) is 1.92. The Labute approximate surface area is 73.2 Å². The van der Waals surface area contributed by atoms with Crippen LogP contribution in [0.15, 0.2) is 21.7 Å². The van der Waals surface area contributed by atoms with Crippen LogP contribution in [-0.4, -0.2) is 16.8 Å². The first-order valence-electron chi connectivity index (χ1n) is 3.17. The van der Waals surface area contributed by atoms with E-state index in [0.29, 0.717) is 5.75 Å². The molecule has 11 heavy (non-hydrogen) atoms. The summed E-state index contributed by atoms with van der Waals surface area (Å²) in [6.07, 6.45) is 0.239. The number of aliphatic carboxylic acids is 1. The van der Waals surface area contributed by atoms with E-state index in [9.17, 15) is 4.79 Å². The van der Waals surface area contributed by atoms with Crippen LogP contribution >= 0.6 is 23.1 Å². The maximum atomic E-state index is 10.1. The minimum atomic E-state index is -0.728. The Kier molecular flexibility index (Phi) is 3.45. The third-order valence-electron chi connectivity index (χ3n) is 1.06. The lowest BCUT2D eigenvalue weighted by molar-refractivity contribution is -0.136. The summed E-state index contributed by atoms with van der Waals surface area (Å²) in [6.45, 7) is 0. The van der Waals surface area contributed by atoms with Gasteiger partial charge < -0.3 is 5.11 Å². The van der Waals surface area contributed by atoms with Crippen molar-refractivity contribution in [3.8, 4) is 0 Å². The second kappa shape index (κ2) is 4.41. The molecule has 1 aromatic rings. The van der Waals surface area contributed by atoms with E-state index in [1.807, 2.05) is 17.5 Å². The molecule has 1 heterocycles. The van der Waals surface area contributed by atoms with Crippen molar-refractivity contribution in [3.05, 3.63) is 17.5 Å². The van der Waals surface area contributed by atoms with Crippen molar-refractivity contribution in [1.29, 1.82) is 0 Å². The molecule has 2 nitrogen and oxygen atoms in total. The Hall–Kier alpha value is -0.480. The van der Waals surface area contributed by atoms with Crippen molar-refractivity contribution in [3.63, 3.8) is 0 Å². The van der Waals surface area contributed by atoms with Crippen molar-refractivity contribution in [1.82, 2.24) is 0 Å². The van der Waals surface area contributed by atoms with Gasteiger partial charge in [0.25, 0.3) is 0 Å². The molecule has 0 spiro atoms. The predicted octanol–water partition coefficient (Wildman–Crippen LogP) is 2.31. The fourth-order valence-corrected chi connectivity index (χ4v) is 2.37. The first-order chi connectivity index (χ1) is 5.29. The van der Waals surface area contributed by atoms with Crippen molar-refractivity contribution in [2.24, 2.45) is 0 Å². The highest BCUT2D eigenvalue weighted by Crippen LogP contribution is 2.23. The van der Waals surface area contributed by atoms with E-state index in [2.05, 4.69) is 0 Å². The molecule has 0 atom stereocenters. The third-order valence-corrected chi connectivity index (χ3v) is 3.19. The number of hydrogen-bond acceptors (Lipinski definition) is 3. The quantitative estimate of drug-likeness (QED) is 0.737. The van der Waals surface area contributed by atoms with Gasteiger partial charge in [0.1, 0.15) is 0 Å². The van der Waals surface area contributed by atoms with E-state index < -0.39 is 5.97 Å². The van der Waals surface area contributed by atoms with Crippen LogP contribution in [-0.2, 0) is 4.79 Å². The molecule has 0 bridgehead atoms. The Morgan fingerprint density at radius 3 is 3.09 bits per heavy atom. The van der Waals surface area contributed by atoms with E-state index in [0.717, 1.165) is 0 Å². The molecule has 1 N–H and O–H groups in total. The number of carboxylic acids is 1. The predicted molar refractivity (Wildman–Crippen MR) is 47.3 cm³/mol. The van der Waals surface area contributed by atoms with Gasteiger partial charge in [-0.2, -0.15) is 0 Å². The van der Waals surface area contributed by atoms with E-state index in [1.54, 1.807) is 23.1 Å². The zero-order valence-electron chi connectivity index (χ0n) is 5.82. The van der Waals surface area contributed by atoms with Gasteiger partial charge in [0, 0.05) is 5.75 Å². The van der Waals surface area contributed by atoms with Crippen LogP contribution in [0.4, 0.5) is 0 Å². The lowest BCUT2D eigenvalue weighted by atomic mass is 10.5. The molecule has 0 radical (unpaired) electrons. The molecule has 0 amide bonds. The SMILES string of the molecule is O=C(O)CCSc1cccs1. The Morgan fingerprint density at radius 2 is 2.55 bits per heavy atom. The summed E-state index contributed by atoms with van der Waals surface area (Å²) in [4.78, 5) is 10.1. The van der Waals surface area contributed by atoms with Crippen LogP contribution in [0.1, 0.15) is 6.42 Å². The Balaban J connectivity index is 2.19. The van der Waals surface area contributed by atoms with Crippen LogP contribution in [0.3, 0.4) is 0 Å². The summed E-state index contributed by atoms with van der Waals surface area (Å²) >= 11 is 3.24. The van der Waals surface area contributed by atoms with Crippen LogP contribution in [0, 0.1) is 0 Å². The van der Waals surface area contributed by atoms with Crippen LogP contribution < -0.4 is 0 Å². The zero-order valence-corrected chi connectivity index (χ0v) is 7.45. The summed E-state index contributed by atoms with van der Waals surface area (Å²) in [5.41, 5.74) is 0. The molecule has 0 saturated carbocycles. The molecule has 0 unspecified atom stereocenters. The van der Waals surface area contributed by atoms with E-state index in [4.69, 9.17) is 5.11 Å². The summed E-state index contributed by atoms with van der Waals surface area (Å²) in [7, 11) is 0. The van der Waals surface area contributed by atoms with Gasteiger partial charge in [0.15, 0.2) is 0 Å². The van der Waals surface area contributed by atoms with Crippen molar-refractivity contribution in [2.45, 2.75) is 10.6 Å². The van der Waals surface area contributed by atoms with Gasteiger partial charge in [-0.15, -0.1) is 23.1 Å². The molecule has 0 aromatic carbocycles. The summed E-state index contributed by atoms with van der Waals surface area (Å²) < 4.78 is 1.19. The van der Waals surface area contributed by atoms with Gasteiger partial charge in [0.05, 0.1) is 10.6 Å². The zero-order chi connectivity index (χ0) is 8.10. The van der Waals surface area contributed by atoms with Gasteiger partial charge in [-0.1, -0.05) is 6.07 Å². The van der Waals surface area contributed by atoms with Gasteiger partial charge >= 0.3 is 5.97 Å². The molecule has 1 rings (SSSR count). The molecular formula is C7H8O2S2. The highest BCUT2D eigenvalue weighted by atomic mass is 32.2. The largest absolute Gasteiger partial charge is 0.481 e. The standard InChI is InChI=1S/C7H8O2S2/c8-6(9)3-5-11-7-2-1-4-10-7/h1-2,4H,3,5H2,(H,8,9). The lowest BCUT2D eigenvalue weighted by Crippen LogP contribution is -1.95. The third kappa shape index (κ3) is 3.43. The maximum absolute atomic E-state index is 10.1. The molecule has 0 aliphatic heterocycles. The highest BCUT2D eigenvalue weighted by Gasteiger charge is 1.98. The van der Waals surface area contributed by atoms with Gasteiger partial charge in [-0.25, -0.2) is 0 Å². The summed E-state index contributed by atoms with van der Waals surface area (Å²) in [6, 6.07) is 3.96. The fraction of sp³-hybridized carbons (Fsp3) is 0.286. The van der Waals surface area contributed by atoms with Gasteiger partial charge in [-0.3, -0.25) is 4.79 Å². The van der Waals surface area contributed by atoms with E-state index in [-0.39, 0.29) is 6.42 Å². The smallest absolute Gasteiger partial charge is 0.304 e. The van der Waals surface area contributed by atoms with Crippen molar-refractivity contribution < 1.29 is 9.90 Å². The van der Waals surface area contributed by atoms with E-state index in [1.165, 1.54) is 4.21 Å². The Bertz CT molecular complexity index is 218. The summed E-state index contributed by atoms with van der Waals surface area (Å²) in [5, 5.41) is 10.3. The molecule has 0 fully saturated rings. The minimum absolute atomic E-state index is 0.239. The molecule has 4 heteroatoms. The maximum Gasteiger partial charge on any atom is 0.304 e. The van der Waals surface area contributed by atoms with Gasteiger partial charge in [0.2, 0.25) is 0 Å². The van der Waals surface area contributed by atoms with E-state index >= 15 is 0 Å². The average Bonchev–Trinajstić information content (AvgIpc) is 2.39. The van der Waals surface area contributed by atoms with Crippen LogP contribution in [0.5, 0.6) is 0 Å². The first-order valence-corrected chi connectivity index (χ1v) is 5.03. The molecule has 60 valence electrons. The number of hydrogen-bond donors (Lipinski definition) is 1. The minimum Gasteiger partial charge on any atom is -0.481 e. The lowest BCUT2D eigenvalue weighted by Gasteiger charge is -1.92. The number of thiophene rings is 1. The number of rotatable bonds is 4. The topological polar surface area (TPSA) is 37.3 Å². The molecular weight excluding hydrogens is 180 g/mol. The van der Waals surface area contributed by atoms with Crippen LogP contribution in [0.25, 0.3) is 0 Å². The first kappa shape index (κ1) is 8.62. The molecule has 0 saturated heterocycles. The van der Waals surface area contributed by atoms with Crippen LogP contribution in [0.2, 0.25) is 0 Å². The average molecular weight is 188 g/mol. The molecule has 1 aromatic heterocycles. The molecule has 0 aliphatic carbocycles. The molecule has 0 aliphatic rings. The van der Waals surface area contributed by atoms with Gasteiger partial charge in [-0.05, 0) is 11.4 Å². The normalized spacial score (nSPS) is 9.82. The number of carboxylic acid groups (broad SMARTS) is 1.